The predicted molar refractivity (Wildman–Crippen MR) is 95.2 cm³/mol. The van der Waals surface area contributed by atoms with Crippen LogP contribution >= 0.6 is 15.9 Å². The van der Waals surface area contributed by atoms with Crippen molar-refractivity contribution in [3.05, 3.63) is 28.7 Å². The molecule has 0 bridgehead atoms. The second-order valence-corrected chi connectivity index (χ2v) is 7.40. The van der Waals surface area contributed by atoms with Crippen LogP contribution in [-0.4, -0.2) is 54.2 Å². The van der Waals surface area contributed by atoms with Gasteiger partial charge in [-0.3, -0.25) is 4.79 Å². The molecule has 0 radical (unpaired) electrons. The number of halogens is 1. The van der Waals surface area contributed by atoms with Gasteiger partial charge in [0, 0.05) is 42.4 Å². The van der Waals surface area contributed by atoms with E-state index < -0.39 is 11.9 Å². The van der Waals surface area contributed by atoms with Gasteiger partial charge in [0.15, 0.2) is 0 Å². The Morgan fingerprint density at radius 2 is 2.04 bits per heavy atom. The van der Waals surface area contributed by atoms with Gasteiger partial charge < -0.3 is 20.2 Å². The van der Waals surface area contributed by atoms with E-state index >= 15 is 0 Å². The molecule has 0 aliphatic carbocycles. The van der Waals surface area contributed by atoms with Crippen molar-refractivity contribution >= 4 is 33.6 Å². The Labute approximate surface area is 149 Å². The number of urea groups is 1. The summed E-state index contributed by atoms with van der Waals surface area (Å²) in [6, 6.07) is 8.10. The summed E-state index contributed by atoms with van der Waals surface area (Å²) in [6.45, 7) is 2.62. The molecule has 2 unspecified atom stereocenters. The molecule has 0 spiro atoms. The lowest BCUT2D eigenvalue weighted by Gasteiger charge is -2.31. The number of rotatable bonds is 3. The molecule has 1 aromatic rings. The zero-order chi connectivity index (χ0) is 17.1. The van der Waals surface area contributed by atoms with Crippen LogP contribution in [0.2, 0.25) is 0 Å². The lowest BCUT2D eigenvalue weighted by Crippen LogP contribution is -2.50. The third-order valence-electron chi connectivity index (χ3n) is 4.75. The Kier molecular flexibility index (Phi) is 5.28. The van der Waals surface area contributed by atoms with Crippen LogP contribution in [-0.2, 0) is 4.79 Å². The molecule has 3 rings (SSSR count). The van der Waals surface area contributed by atoms with Crippen LogP contribution in [0, 0.1) is 5.92 Å². The highest BCUT2D eigenvalue weighted by Crippen LogP contribution is 2.24. The summed E-state index contributed by atoms with van der Waals surface area (Å²) in [7, 11) is 0. The van der Waals surface area contributed by atoms with E-state index in [-0.39, 0.29) is 12.1 Å². The number of aliphatic carboxylic acids is 1. The average molecular weight is 396 g/mol. The molecule has 2 amide bonds. The highest BCUT2D eigenvalue weighted by Gasteiger charge is 2.30. The summed E-state index contributed by atoms with van der Waals surface area (Å²) in [5.74, 6) is -1.25. The first-order valence-corrected chi connectivity index (χ1v) is 9.11. The van der Waals surface area contributed by atoms with Crippen molar-refractivity contribution < 1.29 is 14.7 Å². The molecule has 0 aromatic heterocycles. The molecular weight excluding hydrogens is 374 g/mol. The number of hydrogen-bond donors (Lipinski definition) is 2. The largest absolute Gasteiger partial charge is 0.481 e. The van der Waals surface area contributed by atoms with E-state index in [2.05, 4.69) is 38.3 Å². The number of carbonyl (C=O) groups is 2. The Morgan fingerprint density at radius 1 is 1.21 bits per heavy atom. The van der Waals surface area contributed by atoms with Crippen LogP contribution < -0.4 is 10.2 Å². The van der Waals surface area contributed by atoms with Crippen LogP contribution in [0.5, 0.6) is 0 Å². The fourth-order valence-electron chi connectivity index (χ4n) is 3.41. The molecule has 2 N–H and O–H groups in total. The number of benzene rings is 1. The quantitative estimate of drug-likeness (QED) is 0.824. The summed E-state index contributed by atoms with van der Waals surface area (Å²) in [5.41, 5.74) is 1.14. The number of carbonyl (C=O) groups excluding carboxylic acids is 1. The van der Waals surface area contributed by atoms with Gasteiger partial charge in [-0.15, -0.1) is 0 Å². The lowest BCUT2D eigenvalue weighted by molar-refractivity contribution is -0.143. The number of likely N-dealkylation sites (tertiary alicyclic amines) is 1. The Morgan fingerprint density at radius 3 is 2.79 bits per heavy atom. The van der Waals surface area contributed by atoms with Gasteiger partial charge in [-0.05, 0) is 37.5 Å². The van der Waals surface area contributed by atoms with Gasteiger partial charge in [-0.1, -0.05) is 22.0 Å². The molecule has 7 heteroatoms. The Balaban J connectivity index is 1.53. The minimum atomic E-state index is -0.811. The molecule has 2 atom stereocenters. The highest BCUT2D eigenvalue weighted by atomic mass is 79.9. The third-order valence-corrected chi connectivity index (χ3v) is 5.24. The Bertz CT molecular complexity index is 625. The van der Waals surface area contributed by atoms with Gasteiger partial charge in [0.05, 0.1) is 5.92 Å². The second kappa shape index (κ2) is 7.42. The van der Waals surface area contributed by atoms with E-state index in [1.807, 2.05) is 12.1 Å². The van der Waals surface area contributed by atoms with Crippen LogP contribution in [0.3, 0.4) is 0 Å². The minimum absolute atomic E-state index is 0.0988. The number of hydrogen-bond acceptors (Lipinski definition) is 3. The van der Waals surface area contributed by atoms with E-state index in [1.54, 1.807) is 4.90 Å². The molecule has 2 aliphatic heterocycles. The van der Waals surface area contributed by atoms with Crippen molar-refractivity contribution in [2.75, 3.05) is 31.1 Å². The zero-order valence-electron chi connectivity index (χ0n) is 13.4. The molecule has 6 nitrogen and oxygen atoms in total. The summed E-state index contributed by atoms with van der Waals surface area (Å²) in [6.07, 6.45) is 2.30. The molecule has 2 fully saturated rings. The molecule has 24 heavy (non-hydrogen) atoms. The van der Waals surface area contributed by atoms with Gasteiger partial charge in [-0.2, -0.15) is 0 Å². The summed E-state index contributed by atoms with van der Waals surface area (Å²) in [5, 5.41) is 12.2. The maximum atomic E-state index is 12.4. The zero-order valence-corrected chi connectivity index (χ0v) is 15.0. The monoisotopic (exact) mass is 395 g/mol. The molecular formula is C17H22BrN3O3. The summed E-state index contributed by atoms with van der Waals surface area (Å²) >= 11 is 3.48. The molecule has 130 valence electrons. The molecule has 2 saturated heterocycles. The van der Waals surface area contributed by atoms with Crippen molar-refractivity contribution in [3.8, 4) is 0 Å². The maximum absolute atomic E-state index is 12.4. The second-order valence-electron chi connectivity index (χ2n) is 6.48. The van der Waals surface area contributed by atoms with Gasteiger partial charge in [0.25, 0.3) is 0 Å². The number of nitrogens with one attached hydrogen (secondary N) is 1. The van der Waals surface area contributed by atoms with Crippen molar-refractivity contribution in [1.29, 1.82) is 0 Å². The van der Waals surface area contributed by atoms with E-state index in [9.17, 15) is 9.59 Å². The number of piperidine rings is 1. The van der Waals surface area contributed by atoms with Crippen molar-refractivity contribution in [2.24, 2.45) is 5.92 Å². The van der Waals surface area contributed by atoms with Gasteiger partial charge in [-0.25, -0.2) is 4.79 Å². The van der Waals surface area contributed by atoms with E-state index in [0.717, 1.165) is 36.1 Å². The maximum Gasteiger partial charge on any atom is 0.317 e. The van der Waals surface area contributed by atoms with Crippen LogP contribution in [0.4, 0.5) is 10.5 Å². The van der Waals surface area contributed by atoms with E-state index in [4.69, 9.17) is 5.11 Å². The summed E-state index contributed by atoms with van der Waals surface area (Å²) < 4.78 is 1.04. The fourth-order valence-corrected chi connectivity index (χ4v) is 3.80. The van der Waals surface area contributed by atoms with Crippen molar-refractivity contribution in [2.45, 2.75) is 25.3 Å². The third kappa shape index (κ3) is 4.01. The van der Waals surface area contributed by atoms with Crippen LogP contribution in [0.1, 0.15) is 19.3 Å². The van der Waals surface area contributed by atoms with Crippen molar-refractivity contribution in [1.82, 2.24) is 10.2 Å². The van der Waals surface area contributed by atoms with Gasteiger partial charge >= 0.3 is 12.0 Å². The van der Waals surface area contributed by atoms with Crippen LogP contribution in [0.25, 0.3) is 0 Å². The SMILES string of the molecule is O=C(O)C1CCCN(C(=O)NC2CCN(c3cccc(Br)c3)C2)C1. The first-order valence-electron chi connectivity index (χ1n) is 8.31. The Hall–Kier alpha value is -1.76. The lowest BCUT2D eigenvalue weighted by atomic mass is 9.99. The standard InChI is InChI=1S/C17H22BrN3O3/c18-13-4-1-5-15(9-13)20-8-6-14(11-20)19-17(24)21-7-2-3-12(10-21)16(22)23/h1,4-5,9,12,14H,2-3,6-8,10-11H2,(H,19,24)(H,22,23). The topological polar surface area (TPSA) is 72.9 Å². The molecule has 2 heterocycles. The number of nitrogens with zero attached hydrogens (tertiary/aromatic N) is 2. The molecule has 0 saturated carbocycles. The number of carboxylic acid groups (broad SMARTS) is 1. The normalized spacial score (nSPS) is 24.0. The van der Waals surface area contributed by atoms with E-state index in [1.165, 1.54) is 0 Å². The first kappa shape index (κ1) is 17.1. The highest BCUT2D eigenvalue weighted by molar-refractivity contribution is 9.10. The fraction of sp³-hybridized carbons (Fsp3) is 0.529. The van der Waals surface area contributed by atoms with Gasteiger partial charge in [0.2, 0.25) is 0 Å². The minimum Gasteiger partial charge on any atom is -0.481 e. The average Bonchev–Trinajstić information content (AvgIpc) is 3.03. The number of carboxylic acids is 1. The number of anilines is 1. The summed E-state index contributed by atoms with van der Waals surface area (Å²) in [4.78, 5) is 27.4. The molecule has 1 aromatic carbocycles. The predicted octanol–water partition coefficient (Wildman–Crippen LogP) is 2.53. The number of amides is 2. The first-order chi connectivity index (χ1) is 11.5. The van der Waals surface area contributed by atoms with Gasteiger partial charge in [0.1, 0.15) is 0 Å². The smallest absolute Gasteiger partial charge is 0.317 e. The van der Waals surface area contributed by atoms with Crippen molar-refractivity contribution in [3.63, 3.8) is 0 Å². The van der Waals surface area contributed by atoms with Crippen LogP contribution in [0.15, 0.2) is 28.7 Å². The van der Waals surface area contributed by atoms with E-state index in [0.29, 0.717) is 19.5 Å². The molecule has 2 aliphatic rings.